The molecular weight excluding hydrogens is 126 g/mol. The zero-order valence-electron chi connectivity index (χ0n) is 6.59. The van der Waals surface area contributed by atoms with Crippen LogP contribution in [0.4, 0.5) is 0 Å². The minimum absolute atomic E-state index is 0.359. The fourth-order valence-corrected chi connectivity index (χ4v) is 1.37. The van der Waals surface area contributed by atoms with Crippen molar-refractivity contribution in [2.45, 2.75) is 32.4 Å². The summed E-state index contributed by atoms with van der Waals surface area (Å²) in [5.74, 6) is 0.359. The molecule has 2 unspecified atom stereocenters. The molecule has 0 spiro atoms. The standard InChI is InChI=1S/C8H15NO/c1-3-7-5-4-6-9-8(7,2)10/h4,6-7,9-10H,3,5H2,1-2H3. The second-order valence-electron chi connectivity index (χ2n) is 3.04. The van der Waals surface area contributed by atoms with Gasteiger partial charge in [-0.2, -0.15) is 0 Å². The van der Waals surface area contributed by atoms with Gasteiger partial charge < -0.3 is 10.4 Å². The predicted molar refractivity (Wildman–Crippen MR) is 41.3 cm³/mol. The first-order chi connectivity index (χ1) is 4.67. The molecule has 1 heterocycles. The molecule has 10 heavy (non-hydrogen) atoms. The van der Waals surface area contributed by atoms with Crippen LogP contribution in [0.3, 0.4) is 0 Å². The summed E-state index contributed by atoms with van der Waals surface area (Å²) in [6.45, 7) is 3.92. The van der Waals surface area contributed by atoms with E-state index in [4.69, 9.17) is 0 Å². The fourth-order valence-electron chi connectivity index (χ4n) is 1.37. The molecule has 0 amide bonds. The molecule has 1 aliphatic rings. The van der Waals surface area contributed by atoms with Crippen molar-refractivity contribution >= 4 is 0 Å². The van der Waals surface area contributed by atoms with E-state index in [1.807, 2.05) is 13.1 Å². The number of aliphatic hydroxyl groups is 1. The largest absolute Gasteiger partial charge is 0.371 e. The maximum atomic E-state index is 9.67. The number of nitrogens with one attached hydrogen (secondary N) is 1. The van der Waals surface area contributed by atoms with E-state index in [1.54, 1.807) is 0 Å². The molecule has 2 atom stereocenters. The lowest BCUT2D eigenvalue weighted by molar-refractivity contribution is -0.0267. The fraction of sp³-hybridized carbons (Fsp3) is 0.750. The van der Waals surface area contributed by atoms with Crippen LogP contribution in [0, 0.1) is 5.92 Å². The number of rotatable bonds is 1. The summed E-state index contributed by atoms with van der Waals surface area (Å²) in [7, 11) is 0. The third-order valence-electron chi connectivity index (χ3n) is 2.20. The van der Waals surface area contributed by atoms with Crippen molar-refractivity contribution in [2.24, 2.45) is 5.92 Å². The van der Waals surface area contributed by atoms with Crippen molar-refractivity contribution in [3.05, 3.63) is 12.3 Å². The molecule has 2 N–H and O–H groups in total. The Morgan fingerprint density at radius 2 is 2.50 bits per heavy atom. The lowest BCUT2D eigenvalue weighted by Gasteiger charge is -2.34. The molecule has 0 saturated carbocycles. The Hall–Kier alpha value is -0.500. The van der Waals surface area contributed by atoms with Crippen LogP contribution >= 0.6 is 0 Å². The third kappa shape index (κ3) is 1.32. The summed E-state index contributed by atoms with van der Waals surface area (Å²) in [6.07, 6.45) is 5.89. The molecule has 2 nitrogen and oxygen atoms in total. The maximum absolute atomic E-state index is 9.67. The minimum atomic E-state index is -0.691. The summed E-state index contributed by atoms with van der Waals surface area (Å²) in [5, 5.41) is 12.6. The Labute approximate surface area is 61.9 Å². The van der Waals surface area contributed by atoms with Crippen molar-refractivity contribution in [2.75, 3.05) is 0 Å². The van der Waals surface area contributed by atoms with Gasteiger partial charge >= 0.3 is 0 Å². The monoisotopic (exact) mass is 141 g/mol. The number of hydrogen-bond acceptors (Lipinski definition) is 2. The van der Waals surface area contributed by atoms with Gasteiger partial charge in [0, 0.05) is 5.92 Å². The molecule has 0 aromatic carbocycles. The van der Waals surface area contributed by atoms with Gasteiger partial charge in [0.1, 0.15) is 5.72 Å². The van der Waals surface area contributed by atoms with Gasteiger partial charge in [-0.05, 0) is 26.0 Å². The highest BCUT2D eigenvalue weighted by Crippen LogP contribution is 2.24. The Morgan fingerprint density at radius 1 is 1.80 bits per heavy atom. The van der Waals surface area contributed by atoms with Crippen molar-refractivity contribution in [1.82, 2.24) is 5.32 Å². The van der Waals surface area contributed by atoms with E-state index in [2.05, 4.69) is 18.3 Å². The third-order valence-corrected chi connectivity index (χ3v) is 2.20. The zero-order chi connectivity index (χ0) is 7.61. The van der Waals surface area contributed by atoms with E-state index >= 15 is 0 Å². The van der Waals surface area contributed by atoms with Crippen molar-refractivity contribution in [3.63, 3.8) is 0 Å². The maximum Gasteiger partial charge on any atom is 0.135 e. The predicted octanol–water partition coefficient (Wildman–Crippen LogP) is 1.23. The Morgan fingerprint density at radius 3 is 2.90 bits per heavy atom. The minimum Gasteiger partial charge on any atom is -0.371 e. The van der Waals surface area contributed by atoms with Gasteiger partial charge in [-0.25, -0.2) is 0 Å². The highest BCUT2D eigenvalue weighted by atomic mass is 16.3. The summed E-state index contributed by atoms with van der Waals surface area (Å²) in [5.41, 5.74) is -0.691. The SMILES string of the molecule is CCC1CC=CNC1(C)O. The molecule has 0 radical (unpaired) electrons. The summed E-state index contributed by atoms with van der Waals surface area (Å²) < 4.78 is 0. The first kappa shape index (κ1) is 7.61. The number of hydrogen-bond donors (Lipinski definition) is 2. The molecule has 1 aliphatic heterocycles. The van der Waals surface area contributed by atoms with Gasteiger partial charge in [-0.1, -0.05) is 13.0 Å². The molecule has 0 bridgehead atoms. The van der Waals surface area contributed by atoms with Gasteiger partial charge in [0.05, 0.1) is 0 Å². The van der Waals surface area contributed by atoms with Crippen molar-refractivity contribution < 1.29 is 5.11 Å². The molecule has 1 rings (SSSR count). The lowest BCUT2D eigenvalue weighted by atomic mass is 9.89. The van der Waals surface area contributed by atoms with Gasteiger partial charge in [-0.3, -0.25) is 0 Å². The van der Waals surface area contributed by atoms with E-state index in [1.165, 1.54) is 0 Å². The molecule has 58 valence electrons. The van der Waals surface area contributed by atoms with Crippen LogP contribution < -0.4 is 5.32 Å². The summed E-state index contributed by atoms with van der Waals surface area (Å²) >= 11 is 0. The van der Waals surface area contributed by atoms with Gasteiger partial charge in [0.25, 0.3) is 0 Å². The average molecular weight is 141 g/mol. The Kier molecular flexibility index (Phi) is 2.00. The van der Waals surface area contributed by atoms with E-state index in [9.17, 15) is 5.11 Å². The van der Waals surface area contributed by atoms with Crippen LogP contribution in [0.5, 0.6) is 0 Å². The van der Waals surface area contributed by atoms with Crippen LogP contribution in [-0.2, 0) is 0 Å². The highest BCUT2D eigenvalue weighted by molar-refractivity contribution is 4.96. The van der Waals surface area contributed by atoms with Crippen LogP contribution in [0.2, 0.25) is 0 Å². The average Bonchev–Trinajstić information content (AvgIpc) is 1.87. The Bertz CT molecular complexity index is 140. The Balaban J connectivity index is 2.63. The van der Waals surface area contributed by atoms with Crippen LogP contribution in [0.1, 0.15) is 26.7 Å². The van der Waals surface area contributed by atoms with Gasteiger partial charge in [-0.15, -0.1) is 0 Å². The summed E-state index contributed by atoms with van der Waals surface area (Å²) in [6, 6.07) is 0. The van der Waals surface area contributed by atoms with Gasteiger partial charge in [0.2, 0.25) is 0 Å². The first-order valence-electron chi connectivity index (χ1n) is 3.82. The van der Waals surface area contributed by atoms with E-state index in [-0.39, 0.29) is 0 Å². The molecule has 0 saturated heterocycles. The topological polar surface area (TPSA) is 32.3 Å². The second kappa shape index (κ2) is 2.62. The molecule has 2 heteroatoms. The highest BCUT2D eigenvalue weighted by Gasteiger charge is 2.29. The second-order valence-corrected chi connectivity index (χ2v) is 3.04. The van der Waals surface area contributed by atoms with E-state index in [0.29, 0.717) is 5.92 Å². The lowest BCUT2D eigenvalue weighted by Crippen LogP contribution is -2.47. The molecular formula is C8H15NO. The van der Waals surface area contributed by atoms with Crippen molar-refractivity contribution in [3.8, 4) is 0 Å². The van der Waals surface area contributed by atoms with E-state index in [0.717, 1.165) is 12.8 Å². The van der Waals surface area contributed by atoms with Crippen LogP contribution in [0.15, 0.2) is 12.3 Å². The molecule has 0 aromatic heterocycles. The smallest absolute Gasteiger partial charge is 0.135 e. The normalized spacial score (nSPS) is 39.3. The molecule has 0 fully saturated rings. The number of allylic oxidation sites excluding steroid dienone is 1. The zero-order valence-corrected chi connectivity index (χ0v) is 6.59. The van der Waals surface area contributed by atoms with E-state index < -0.39 is 5.72 Å². The molecule has 0 aliphatic carbocycles. The summed E-state index contributed by atoms with van der Waals surface area (Å²) in [4.78, 5) is 0. The first-order valence-corrected chi connectivity index (χ1v) is 3.82. The molecule has 0 aromatic rings. The quantitative estimate of drug-likeness (QED) is 0.575. The van der Waals surface area contributed by atoms with Crippen molar-refractivity contribution in [1.29, 1.82) is 0 Å². The van der Waals surface area contributed by atoms with Crippen LogP contribution in [0.25, 0.3) is 0 Å². The van der Waals surface area contributed by atoms with Gasteiger partial charge in [0.15, 0.2) is 0 Å². The van der Waals surface area contributed by atoms with Crippen LogP contribution in [-0.4, -0.2) is 10.8 Å².